The molecule has 0 aliphatic rings. The molecule has 0 radical (unpaired) electrons. The lowest BCUT2D eigenvalue weighted by atomic mass is 10.0. The number of primary amides is 1. The standard InChI is InChI=1S/C45H75N8O11P/c1-30(2)23-35(43(59)51-36(24-34-25-47-29-48-34)42(58)49-32(4)41(57)52-39(40(46)56)31(3)27-65(60,61)62)50-37(54)26-53(21-16-11-10-13-17-33-18-14-12-15-19-33)38(55)20-22-63-45(8,9)28-64-44(5,6)7/h12,14-15,18-19,25,29-32,35-36,39H,10-11,13,16-17,20-24,26-28H2,1-9H3,(H2,46,56)(H,47,48)(H,49,58)(H,50,54)(H,51,59)(H,52,57)(H2,60,61,62)/t31-,32-,35-,36-,39-/m0/s1. The van der Waals surface area contributed by atoms with E-state index in [4.69, 9.17) is 15.2 Å². The van der Waals surface area contributed by atoms with E-state index in [1.54, 1.807) is 0 Å². The number of aromatic nitrogens is 2. The fourth-order valence-electron chi connectivity index (χ4n) is 6.77. The third-order valence-corrected chi connectivity index (χ3v) is 11.3. The van der Waals surface area contributed by atoms with Crippen molar-refractivity contribution in [3.05, 3.63) is 54.1 Å². The van der Waals surface area contributed by atoms with Crippen LogP contribution in [0.3, 0.4) is 0 Å². The number of imidazole rings is 1. The third kappa shape index (κ3) is 23.9. The lowest BCUT2D eigenvalue weighted by molar-refractivity contribution is -0.141. The molecular formula is C45H75N8O11P. The Kier molecular flexibility index (Phi) is 23.5. The first kappa shape index (κ1) is 56.4. The highest BCUT2D eigenvalue weighted by atomic mass is 31.2. The summed E-state index contributed by atoms with van der Waals surface area (Å²) < 4.78 is 23.5. The Morgan fingerprint density at radius 2 is 1.49 bits per heavy atom. The molecule has 0 saturated heterocycles. The first-order valence-electron chi connectivity index (χ1n) is 22.4. The monoisotopic (exact) mass is 935 g/mol. The number of nitrogens with zero attached hydrogens (tertiary/aromatic N) is 2. The van der Waals surface area contributed by atoms with Gasteiger partial charge in [0.1, 0.15) is 24.2 Å². The van der Waals surface area contributed by atoms with Crippen LogP contribution in [0.15, 0.2) is 42.9 Å². The topological polar surface area (TPSA) is 284 Å². The second kappa shape index (κ2) is 27.1. The SMILES string of the molecule is CC(C)C[C@H](NC(=O)CN(CCCCCCc1ccccc1)C(=O)CCOC(C)(C)COC(C)(C)C)C(=O)N[C@@H](Cc1cnc[nH]1)C(=O)N[C@@H](C)C(=O)N[C@H](C(N)=O)[C@@H](C)CP(=O)(O)O. The van der Waals surface area contributed by atoms with Crippen LogP contribution in [0.5, 0.6) is 0 Å². The number of carbonyl (C=O) groups excluding carboxylic acids is 6. The maximum absolute atomic E-state index is 14.0. The summed E-state index contributed by atoms with van der Waals surface area (Å²) in [6.07, 6.45) is 6.59. The molecule has 1 aromatic carbocycles. The molecule has 0 bridgehead atoms. The number of rotatable bonds is 30. The Labute approximate surface area is 384 Å². The number of aromatic amines is 1. The van der Waals surface area contributed by atoms with E-state index < -0.39 is 79.0 Å². The quantitative estimate of drug-likeness (QED) is 0.0415. The van der Waals surface area contributed by atoms with Crippen molar-refractivity contribution < 1.29 is 52.6 Å². The average Bonchev–Trinajstić information content (AvgIpc) is 3.71. The zero-order valence-corrected chi connectivity index (χ0v) is 40.6. The summed E-state index contributed by atoms with van der Waals surface area (Å²) >= 11 is 0. The van der Waals surface area contributed by atoms with Crippen LogP contribution in [0.25, 0.3) is 0 Å². The number of carbonyl (C=O) groups is 6. The van der Waals surface area contributed by atoms with Gasteiger partial charge in [-0.05, 0) is 84.6 Å². The maximum atomic E-state index is 14.0. The van der Waals surface area contributed by atoms with Crippen molar-refractivity contribution in [3.8, 4) is 0 Å². The molecule has 0 fully saturated rings. The van der Waals surface area contributed by atoms with Gasteiger partial charge >= 0.3 is 7.60 Å². The number of nitrogens with two attached hydrogens (primary N) is 1. The van der Waals surface area contributed by atoms with Crippen molar-refractivity contribution in [3.63, 3.8) is 0 Å². The van der Waals surface area contributed by atoms with Gasteiger partial charge in [0.2, 0.25) is 35.4 Å². The molecule has 65 heavy (non-hydrogen) atoms. The van der Waals surface area contributed by atoms with E-state index in [0.717, 1.165) is 25.7 Å². The summed E-state index contributed by atoms with van der Waals surface area (Å²) in [6.45, 7) is 16.4. The Balaban J connectivity index is 2.20. The smallest absolute Gasteiger partial charge is 0.325 e. The lowest BCUT2D eigenvalue weighted by Gasteiger charge is -2.30. The van der Waals surface area contributed by atoms with Gasteiger partial charge in [-0.2, -0.15) is 0 Å². The molecule has 1 aromatic heterocycles. The van der Waals surface area contributed by atoms with Crippen LogP contribution in [0.4, 0.5) is 0 Å². The van der Waals surface area contributed by atoms with E-state index in [1.807, 2.05) is 66.7 Å². The van der Waals surface area contributed by atoms with Crippen LogP contribution in [0.2, 0.25) is 0 Å². The molecule has 6 amide bonds. The predicted octanol–water partition coefficient (Wildman–Crippen LogP) is 2.89. The van der Waals surface area contributed by atoms with Gasteiger partial charge in [-0.3, -0.25) is 33.3 Å². The normalized spacial score (nSPS) is 14.4. The minimum atomic E-state index is -4.56. The number of unbranched alkanes of at least 4 members (excludes halogenated alkanes) is 3. The minimum Gasteiger partial charge on any atom is -0.373 e. The molecular weight excluding hydrogens is 860 g/mol. The van der Waals surface area contributed by atoms with Crippen LogP contribution in [0.1, 0.15) is 112 Å². The number of amides is 6. The Hall–Kier alpha value is -4.68. The highest BCUT2D eigenvalue weighted by molar-refractivity contribution is 7.51. The van der Waals surface area contributed by atoms with Crippen molar-refractivity contribution in [1.82, 2.24) is 36.1 Å². The Bertz CT molecular complexity index is 1850. The van der Waals surface area contributed by atoms with Crippen molar-refractivity contribution >= 4 is 43.0 Å². The van der Waals surface area contributed by atoms with Crippen molar-refractivity contribution in [2.75, 3.05) is 32.5 Å². The van der Waals surface area contributed by atoms with Crippen LogP contribution >= 0.6 is 7.60 Å². The minimum absolute atomic E-state index is 0.0204. The van der Waals surface area contributed by atoms with E-state index >= 15 is 0 Å². The zero-order chi connectivity index (χ0) is 49.0. The highest BCUT2D eigenvalue weighted by Gasteiger charge is 2.34. The molecule has 20 heteroatoms. The van der Waals surface area contributed by atoms with Gasteiger partial charge in [0.25, 0.3) is 0 Å². The van der Waals surface area contributed by atoms with E-state index in [-0.39, 0.29) is 49.8 Å². The molecule has 9 N–H and O–H groups in total. The molecule has 2 aromatic rings. The number of benzene rings is 1. The maximum Gasteiger partial charge on any atom is 0.325 e. The highest BCUT2D eigenvalue weighted by Crippen LogP contribution is 2.37. The molecule has 0 aliphatic heterocycles. The third-order valence-electron chi connectivity index (χ3n) is 10.3. The summed E-state index contributed by atoms with van der Waals surface area (Å²) in [5.74, 6) is -5.35. The van der Waals surface area contributed by atoms with Gasteiger partial charge in [-0.25, -0.2) is 4.98 Å². The number of H-pyrrole nitrogens is 1. The van der Waals surface area contributed by atoms with E-state index in [1.165, 1.54) is 36.8 Å². The summed E-state index contributed by atoms with van der Waals surface area (Å²) in [6, 6.07) is 5.04. The molecule has 1 heterocycles. The Morgan fingerprint density at radius 3 is 2.08 bits per heavy atom. The number of hydrogen-bond donors (Lipinski definition) is 8. The molecule has 19 nitrogen and oxygen atoms in total. The number of nitrogens with one attached hydrogen (secondary N) is 5. The van der Waals surface area contributed by atoms with Crippen molar-refractivity contribution in [1.29, 1.82) is 0 Å². The zero-order valence-electron chi connectivity index (χ0n) is 39.7. The largest absolute Gasteiger partial charge is 0.373 e. The van der Waals surface area contributed by atoms with Gasteiger partial charge < -0.3 is 56.1 Å². The lowest BCUT2D eigenvalue weighted by Crippen LogP contribution is -2.59. The van der Waals surface area contributed by atoms with Crippen molar-refractivity contribution in [2.24, 2.45) is 17.6 Å². The summed E-state index contributed by atoms with van der Waals surface area (Å²) in [4.78, 5) is 108. The van der Waals surface area contributed by atoms with Gasteiger partial charge in [0.15, 0.2) is 0 Å². The molecule has 0 unspecified atom stereocenters. The van der Waals surface area contributed by atoms with Crippen LogP contribution in [-0.2, 0) is 55.6 Å². The number of ether oxygens (including phenoxy) is 2. The van der Waals surface area contributed by atoms with Gasteiger partial charge in [-0.15, -0.1) is 0 Å². The van der Waals surface area contributed by atoms with E-state index in [0.29, 0.717) is 25.3 Å². The first-order valence-corrected chi connectivity index (χ1v) is 24.2. The number of aryl methyl sites for hydroxylation is 1. The second-order valence-electron chi connectivity index (χ2n) is 18.8. The molecule has 2 rings (SSSR count). The molecule has 0 saturated carbocycles. The summed E-state index contributed by atoms with van der Waals surface area (Å²) in [7, 11) is -4.56. The van der Waals surface area contributed by atoms with Gasteiger partial charge in [-0.1, -0.05) is 63.9 Å². The fourth-order valence-corrected chi connectivity index (χ4v) is 7.73. The predicted molar refractivity (Wildman–Crippen MR) is 246 cm³/mol. The van der Waals surface area contributed by atoms with Crippen LogP contribution < -0.4 is 27.0 Å². The average molecular weight is 935 g/mol. The second-order valence-corrected chi connectivity index (χ2v) is 20.5. The summed E-state index contributed by atoms with van der Waals surface area (Å²) in [5, 5.41) is 10.3. The molecule has 5 atom stereocenters. The first-order chi connectivity index (χ1) is 30.2. The molecule has 0 spiro atoms. The molecule has 366 valence electrons. The van der Waals surface area contributed by atoms with Crippen molar-refractivity contribution in [2.45, 2.75) is 149 Å². The van der Waals surface area contributed by atoms with E-state index in [9.17, 15) is 43.1 Å². The number of hydrogen-bond acceptors (Lipinski definition) is 10. The van der Waals surface area contributed by atoms with E-state index in [2.05, 4.69) is 43.4 Å². The van der Waals surface area contributed by atoms with Crippen LogP contribution in [-0.4, -0.2) is 128 Å². The van der Waals surface area contributed by atoms with Gasteiger partial charge in [0, 0.05) is 24.9 Å². The fraction of sp³-hybridized carbons (Fsp3) is 0.667. The summed E-state index contributed by atoms with van der Waals surface area (Å²) in [5.41, 5.74) is 6.12. The van der Waals surface area contributed by atoms with Crippen LogP contribution in [0, 0.1) is 11.8 Å². The molecule has 0 aliphatic carbocycles. The van der Waals surface area contributed by atoms with Gasteiger partial charge in [0.05, 0.1) is 49.9 Å². The Morgan fingerprint density at radius 1 is 0.846 bits per heavy atom.